The highest BCUT2D eigenvalue weighted by atomic mass is 16.5. The highest BCUT2D eigenvalue weighted by molar-refractivity contribution is 5.91. The number of nitrogens with one attached hydrogen (secondary N) is 1. The van der Waals surface area contributed by atoms with Gasteiger partial charge in [0.2, 0.25) is 0 Å². The highest BCUT2D eigenvalue weighted by Gasteiger charge is 2.24. The molecule has 0 unspecified atom stereocenters. The number of carboxylic acid groups (broad SMARTS) is 1. The van der Waals surface area contributed by atoms with Gasteiger partial charge in [-0.25, -0.2) is 19.7 Å². The van der Waals surface area contributed by atoms with Crippen LogP contribution in [0.5, 0.6) is 0 Å². The lowest BCUT2D eigenvalue weighted by Gasteiger charge is -2.34. The van der Waals surface area contributed by atoms with Crippen molar-refractivity contribution in [1.82, 2.24) is 24.8 Å². The molecule has 160 valence electrons. The molecule has 0 aliphatic carbocycles. The predicted octanol–water partition coefficient (Wildman–Crippen LogP) is 3.01. The number of hydrogen-bond donors (Lipinski definition) is 2. The van der Waals surface area contributed by atoms with Crippen LogP contribution in [0.25, 0.3) is 28.0 Å². The van der Waals surface area contributed by atoms with Crippen LogP contribution in [0.15, 0.2) is 36.7 Å². The van der Waals surface area contributed by atoms with Crippen molar-refractivity contribution in [1.29, 1.82) is 0 Å². The lowest BCUT2D eigenvalue weighted by atomic mass is 10.0. The summed E-state index contributed by atoms with van der Waals surface area (Å²) in [5, 5.41) is 10.2. The van der Waals surface area contributed by atoms with E-state index >= 15 is 0 Å². The molecule has 1 amide bonds. The first kappa shape index (κ1) is 19.5. The van der Waals surface area contributed by atoms with Gasteiger partial charge in [0, 0.05) is 49.0 Å². The van der Waals surface area contributed by atoms with Gasteiger partial charge >= 0.3 is 6.09 Å². The number of carbonyl (C=O) groups is 1. The van der Waals surface area contributed by atoms with Gasteiger partial charge in [0.25, 0.3) is 0 Å². The predicted molar refractivity (Wildman–Crippen MR) is 117 cm³/mol. The quantitative estimate of drug-likeness (QED) is 0.671. The first-order chi connectivity index (χ1) is 15.1. The number of ether oxygens (including phenoxy) is 1. The van der Waals surface area contributed by atoms with Crippen molar-refractivity contribution in [3.05, 3.63) is 42.4 Å². The maximum absolute atomic E-state index is 11.3. The third-order valence-electron chi connectivity index (χ3n) is 5.88. The van der Waals surface area contributed by atoms with Crippen molar-refractivity contribution in [2.24, 2.45) is 0 Å². The summed E-state index contributed by atoms with van der Waals surface area (Å²) in [6.07, 6.45) is 5.30. The summed E-state index contributed by atoms with van der Waals surface area (Å²) < 4.78 is 5.61. The molecule has 0 aromatic carbocycles. The lowest BCUT2D eigenvalue weighted by molar-refractivity contribution is 0.0985. The fourth-order valence-corrected chi connectivity index (χ4v) is 4.17. The molecular weight excluding hydrogens is 396 g/mol. The van der Waals surface area contributed by atoms with E-state index in [1.54, 1.807) is 6.20 Å². The molecule has 3 aromatic rings. The maximum Gasteiger partial charge on any atom is 0.407 e. The summed E-state index contributed by atoms with van der Waals surface area (Å²) in [7, 11) is 0. The van der Waals surface area contributed by atoms with E-state index in [0.717, 1.165) is 40.2 Å². The average molecular weight is 420 g/mol. The van der Waals surface area contributed by atoms with E-state index < -0.39 is 6.09 Å². The van der Waals surface area contributed by atoms with Gasteiger partial charge in [-0.3, -0.25) is 0 Å². The molecule has 1 atom stereocenters. The fraction of sp³-hybridized carbons (Fsp3) is 0.364. The zero-order valence-corrected chi connectivity index (χ0v) is 17.3. The molecule has 3 aromatic heterocycles. The van der Waals surface area contributed by atoms with Crippen LogP contribution >= 0.6 is 0 Å². The first-order valence-electron chi connectivity index (χ1n) is 10.4. The second-order valence-electron chi connectivity index (χ2n) is 7.86. The number of hydrogen-bond acceptors (Lipinski definition) is 6. The van der Waals surface area contributed by atoms with Crippen LogP contribution in [-0.4, -0.2) is 74.9 Å². The van der Waals surface area contributed by atoms with E-state index in [1.807, 2.05) is 30.5 Å². The van der Waals surface area contributed by atoms with Crippen LogP contribution in [-0.2, 0) is 4.74 Å². The Morgan fingerprint density at radius 2 is 2.19 bits per heavy atom. The molecule has 2 aliphatic heterocycles. The molecule has 0 spiro atoms. The summed E-state index contributed by atoms with van der Waals surface area (Å²) in [6, 6.07) is 6.14. The molecule has 2 N–H and O–H groups in total. The van der Waals surface area contributed by atoms with Gasteiger partial charge in [-0.05, 0) is 31.1 Å². The maximum atomic E-state index is 11.3. The monoisotopic (exact) mass is 420 g/mol. The number of anilines is 1. The van der Waals surface area contributed by atoms with Crippen molar-refractivity contribution in [2.75, 3.05) is 37.7 Å². The zero-order valence-electron chi connectivity index (χ0n) is 17.3. The van der Waals surface area contributed by atoms with Crippen molar-refractivity contribution in [3.63, 3.8) is 0 Å². The van der Waals surface area contributed by atoms with Gasteiger partial charge in [-0.2, -0.15) is 0 Å². The number of amides is 1. The van der Waals surface area contributed by atoms with E-state index in [4.69, 9.17) is 14.7 Å². The minimum absolute atomic E-state index is 0.205. The molecule has 9 nitrogen and oxygen atoms in total. The van der Waals surface area contributed by atoms with E-state index in [1.165, 1.54) is 4.90 Å². The smallest absolute Gasteiger partial charge is 0.407 e. The summed E-state index contributed by atoms with van der Waals surface area (Å²) in [5.74, 6) is 1.50. The van der Waals surface area contributed by atoms with Gasteiger partial charge in [0.1, 0.15) is 11.5 Å². The lowest BCUT2D eigenvalue weighted by Crippen LogP contribution is -2.44. The first-order valence-corrected chi connectivity index (χ1v) is 10.4. The Morgan fingerprint density at radius 3 is 2.97 bits per heavy atom. The van der Waals surface area contributed by atoms with Gasteiger partial charge in [0.05, 0.1) is 24.9 Å². The average Bonchev–Trinajstić information content (AvgIpc) is 3.28. The number of H-pyrrole nitrogens is 1. The topological polar surface area (TPSA) is 107 Å². The highest BCUT2D eigenvalue weighted by Crippen LogP contribution is 2.31. The number of pyridine rings is 1. The Balaban J connectivity index is 1.61. The van der Waals surface area contributed by atoms with Crippen LogP contribution in [0.3, 0.4) is 0 Å². The van der Waals surface area contributed by atoms with Crippen LogP contribution in [0.2, 0.25) is 0 Å². The molecule has 0 saturated carbocycles. The van der Waals surface area contributed by atoms with Crippen LogP contribution in [0, 0.1) is 0 Å². The van der Waals surface area contributed by atoms with Crippen molar-refractivity contribution in [3.8, 4) is 11.4 Å². The Morgan fingerprint density at radius 1 is 1.29 bits per heavy atom. The summed E-state index contributed by atoms with van der Waals surface area (Å²) >= 11 is 0. The van der Waals surface area contributed by atoms with Crippen molar-refractivity contribution in [2.45, 2.75) is 19.4 Å². The summed E-state index contributed by atoms with van der Waals surface area (Å²) in [5.41, 5.74) is 3.59. The number of aromatic amines is 1. The number of fused-ring (bicyclic) bond motifs is 1. The van der Waals surface area contributed by atoms with Gasteiger partial charge in [-0.1, -0.05) is 6.08 Å². The number of rotatable bonds is 3. The minimum atomic E-state index is -0.895. The van der Waals surface area contributed by atoms with E-state index in [2.05, 4.69) is 21.8 Å². The minimum Gasteiger partial charge on any atom is -0.465 e. The molecule has 2 aliphatic rings. The van der Waals surface area contributed by atoms with Crippen molar-refractivity contribution < 1.29 is 14.6 Å². The Labute approximate surface area is 179 Å². The van der Waals surface area contributed by atoms with E-state index in [0.29, 0.717) is 38.5 Å². The molecule has 31 heavy (non-hydrogen) atoms. The second kappa shape index (κ2) is 7.99. The van der Waals surface area contributed by atoms with Gasteiger partial charge in [0.15, 0.2) is 5.82 Å². The second-order valence-corrected chi connectivity index (χ2v) is 7.86. The number of morpholine rings is 1. The summed E-state index contributed by atoms with van der Waals surface area (Å²) in [4.78, 5) is 32.3. The molecule has 0 radical (unpaired) electrons. The van der Waals surface area contributed by atoms with Crippen LogP contribution in [0.1, 0.15) is 19.0 Å². The molecule has 5 rings (SSSR count). The standard InChI is InChI=1S/C22H24N6O3/c1-14-13-31-11-10-28(14)19-12-18(15-4-8-27(9-5-15)22(29)30)25-21(26-19)17-3-7-24-20-16(17)2-6-23-20/h2-4,6-7,12,14H,5,8-11,13H2,1H3,(H,23,24)(H,29,30)/t14-/m1/s1. The third kappa shape index (κ3) is 3.72. The van der Waals surface area contributed by atoms with E-state index in [-0.39, 0.29) is 6.04 Å². The largest absolute Gasteiger partial charge is 0.465 e. The number of aromatic nitrogens is 4. The van der Waals surface area contributed by atoms with Crippen LogP contribution < -0.4 is 4.90 Å². The SMILES string of the molecule is C[C@@H]1COCCN1c1cc(C2=CCN(C(=O)O)CC2)nc(-c2ccnc3[nH]ccc23)n1. The Kier molecular flexibility index (Phi) is 5.03. The Bertz CT molecular complexity index is 1160. The molecule has 1 saturated heterocycles. The van der Waals surface area contributed by atoms with Gasteiger partial charge in [-0.15, -0.1) is 0 Å². The van der Waals surface area contributed by atoms with Gasteiger partial charge < -0.3 is 24.6 Å². The fourth-order valence-electron chi connectivity index (χ4n) is 4.17. The zero-order chi connectivity index (χ0) is 21.4. The molecule has 5 heterocycles. The third-order valence-corrected chi connectivity index (χ3v) is 5.88. The van der Waals surface area contributed by atoms with Crippen LogP contribution in [0.4, 0.5) is 10.6 Å². The number of nitrogens with zero attached hydrogens (tertiary/aromatic N) is 5. The van der Waals surface area contributed by atoms with Crippen molar-refractivity contribution >= 4 is 28.5 Å². The Hall–Kier alpha value is -3.46. The molecular formula is C22H24N6O3. The molecule has 1 fully saturated rings. The van der Waals surface area contributed by atoms with E-state index in [9.17, 15) is 9.90 Å². The summed E-state index contributed by atoms with van der Waals surface area (Å²) in [6.45, 7) is 5.03. The molecule has 9 heteroatoms. The normalized spacial score (nSPS) is 19.5. The molecule has 0 bridgehead atoms.